The average Bonchev–Trinajstić information content (AvgIpc) is 2.76. The van der Waals surface area contributed by atoms with Gasteiger partial charge < -0.3 is 25.6 Å². The molecule has 2 aromatic carbocycles. The SMILES string of the molecule is CCCc1cc(CC)cc(C(Nc2ccc(C(=N)N)cc2)C(=O)OC)c1OCCO. The Kier molecular flexibility index (Phi) is 8.68. The molecule has 0 heterocycles. The van der Waals surface area contributed by atoms with Crippen molar-refractivity contribution in [3.8, 4) is 5.75 Å². The summed E-state index contributed by atoms with van der Waals surface area (Å²) < 4.78 is 11.0. The number of methoxy groups -OCH3 is 1. The molecule has 5 N–H and O–H groups in total. The minimum atomic E-state index is -0.797. The van der Waals surface area contributed by atoms with E-state index in [1.54, 1.807) is 24.3 Å². The van der Waals surface area contributed by atoms with Crippen molar-refractivity contribution in [1.82, 2.24) is 0 Å². The second-order valence-corrected chi connectivity index (χ2v) is 6.94. The van der Waals surface area contributed by atoms with Gasteiger partial charge in [0.2, 0.25) is 0 Å². The van der Waals surface area contributed by atoms with Crippen LogP contribution in [0.2, 0.25) is 0 Å². The van der Waals surface area contributed by atoms with E-state index in [1.165, 1.54) is 7.11 Å². The van der Waals surface area contributed by atoms with E-state index in [1.807, 2.05) is 6.07 Å². The van der Waals surface area contributed by atoms with Gasteiger partial charge in [-0.1, -0.05) is 26.3 Å². The Hall–Kier alpha value is -3.06. The molecule has 0 amide bonds. The summed E-state index contributed by atoms with van der Waals surface area (Å²) in [4.78, 5) is 12.7. The van der Waals surface area contributed by atoms with Crippen molar-refractivity contribution in [1.29, 1.82) is 5.41 Å². The Balaban J connectivity index is 2.54. The first-order valence-corrected chi connectivity index (χ1v) is 10.1. The number of aryl methyl sites for hydroxylation is 2. The Morgan fingerprint density at radius 1 is 1.23 bits per heavy atom. The number of carbonyl (C=O) groups excluding carboxylic acids is 1. The number of hydrogen-bond donors (Lipinski definition) is 4. The van der Waals surface area contributed by atoms with Crippen LogP contribution in [0.4, 0.5) is 5.69 Å². The third-order valence-electron chi connectivity index (χ3n) is 4.77. The molecule has 7 nitrogen and oxygen atoms in total. The van der Waals surface area contributed by atoms with Crippen LogP contribution in [0.1, 0.15) is 48.6 Å². The third kappa shape index (κ3) is 5.73. The monoisotopic (exact) mass is 413 g/mol. The molecule has 1 atom stereocenters. The van der Waals surface area contributed by atoms with Crippen molar-refractivity contribution in [3.05, 3.63) is 58.7 Å². The highest BCUT2D eigenvalue weighted by Crippen LogP contribution is 2.35. The molecule has 0 aromatic heterocycles. The predicted octanol–water partition coefficient (Wildman–Crippen LogP) is 3.18. The standard InChI is InChI=1S/C23H31N3O4/c1-4-6-17-13-15(5-2)14-19(21(17)30-12-11-27)20(23(28)29-3)26-18-9-7-16(8-10-18)22(24)25/h7-10,13-14,20,26-27H,4-6,11-12H2,1-3H3,(H3,24,25). The number of carbonyl (C=O) groups is 1. The molecule has 0 saturated carbocycles. The molecule has 0 saturated heterocycles. The molecule has 162 valence electrons. The van der Waals surface area contributed by atoms with Gasteiger partial charge in [0.05, 0.1) is 13.7 Å². The Morgan fingerprint density at radius 3 is 2.47 bits per heavy atom. The Bertz CT molecular complexity index is 865. The van der Waals surface area contributed by atoms with E-state index in [0.29, 0.717) is 22.6 Å². The second kappa shape index (κ2) is 11.2. The molecule has 2 aromatic rings. The minimum Gasteiger partial charge on any atom is -0.491 e. The van der Waals surface area contributed by atoms with Gasteiger partial charge in [-0.25, -0.2) is 4.79 Å². The second-order valence-electron chi connectivity index (χ2n) is 6.94. The molecule has 0 aliphatic rings. The van der Waals surface area contributed by atoms with Crippen LogP contribution >= 0.6 is 0 Å². The Labute approximate surface area is 177 Å². The Morgan fingerprint density at radius 2 is 1.93 bits per heavy atom. The highest BCUT2D eigenvalue weighted by molar-refractivity contribution is 5.95. The zero-order chi connectivity index (χ0) is 22.1. The van der Waals surface area contributed by atoms with E-state index in [2.05, 4.69) is 25.2 Å². The predicted molar refractivity (Wildman–Crippen MR) is 118 cm³/mol. The average molecular weight is 414 g/mol. The summed E-state index contributed by atoms with van der Waals surface area (Å²) in [7, 11) is 1.35. The van der Waals surface area contributed by atoms with Gasteiger partial charge in [0, 0.05) is 16.8 Å². The molecule has 30 heavy (non-hydrogen) atoms. The zero-order valence-corrected chi connectivity index (χ0v) is 17.8. The number of rotatable bonds is 11. The summed E-state index contributed by atoms with van der Waals surface area (Å²) in [6.07, 6.45) is 2.53. The van der Waals surface area contributed by atoms with Crippen molar-refractivity contribution in [2.45, 2.75) is 39.2 Å². The summed E-state index contributed by atoms with van der Waals surface area (Å²) >= 11 is 0. The summed E-state index contributed by atoms with van der Waals surface area (Å²) in [6, 6.07) is 10.2. The fourth-order valence-electron chi connectivity index (χ4n) is 3.27. The number of nitrogens with two attached hydrogens (primary N) is 1. The molecule has 0 aliphatic carbocycles. The normalized spacial score (nSPS) is 11.6. The first-order valence-electron chi connectivity index (χ1n) is 10.1. The van der Waals surface area contributed by atoms with Crippen molar-refractivity contribution in [2.75, 3.05) is 25.6 Å². The molecular formula is C23H31N3O4. The van der Waals surface area contributed by atoms with Crippen LogP contribution in [-0.4, -0.2) is 37.2 Å². The van der Waals surface area contributed by atoms with Gasteiger partial charge in [-0.2, -0.15) is 0 Å². The third-order valence-corrected chi connectivity index (χ3v) is 4.77. The molecular weight excluding hydrogens is 382 g/mol. The number of amidine groups is 1. The fraction of sp³-hybridized carbons (Fsp3) is 0.391. The van der Waals surface area contributed by atoms with Crippen LogP contribution in [0, 0.1) is 5.41 Å². The number of aliphatic hydroxyl groups is 1. The molecule has 0 radical (unpaired) electrons. The highest BCUT2D eigenvalue weighted by Gasteiger charge is 2.27. The lowest BCUT2D eigenvalue weighted by atomic mass is 9.95. The van der Waals surface area contributed by atoms with Crippen molar-refractivity contribution >= 4 is 17.5 Å². The van der Waals surface area contributed by atoms with E-state index in [9.17, 15) is 9.90 Å². The highest BCUT2D eigenvalue weighted by atomic mass is 16.5. The van der Waals surface area contributed by atoms with Crippen LogP contribution in [0.15, 0.2) is 36.4 Å². The number of ether oxygens (including phenoxy) is 2. The quantitative estimate of drug-likeness (QED) is 0.255. The van der Waals surface area contributed by atoms with E-state index >= 15 is 0 Å². The van der Waals surface area contributed by atoms with Crippen LogP contribution in [0.3, 0.4) is 0 Å². The van der Waals surface area contributed by atoms with Gasteiger partial charge in [0.15, 0.2) is 6.04 Å². The summed E-state index contributed by atoms with van der Waals surface area (Å²) in [6.45, 7) is 4.16. The molecule has 7 heteroatoms. The van der Waals surface area contributed by atoms with E-state index < -0.39 is 12.0 Å². The fourth-order valence-corrected chi connectivity index (χ4v) is 3.27. The number of benzene rings is 2. The molecule has 2 rings (SSSR count). The number of aliphatic hydroxyl groups excluding tert-OH is 1. The van der Waals surface area contributed by atoms with Crippen LogP contribution in [0.25, 0.3) is 0 Å². The van der Waals surface area contributed by atoms with Gasteiger partial charge >= 0.3 is 5.97 Å². The zero-order valence-electron chi connectivity index (χ0n) is 17.8. The van der Waals surface area contributed by atoms with E-state index in [0.717, 1.165) is 30.4 Å². The number of hydrogen-bond acceptors (Lipinski definition) is 6. The van der Waals surface area contributed by atoms with E-state index in [4.69, 9.17) is 20.6 Å². The van der Waals surface area contributed by atoms with Crippen LogP contribution < -0.4 is 15.8 Å². The van der Waals surface area contributed by atoms with Gasteiger partial charge in [-0.3, -0.25) is 5.41 Å². The largest absolute Gasteiger partial charge is 0.491 e. The smallest absolute Gasteiger partial charge is 0.333 e. The summed E-state index contributed by atoms with van der Waals surface area (Å²) in [5, 5.41) is 20.0. The van der Waals surface area contributed by atoms with Gasteiger partial charge in [0.1, 0.15) is 18.2 Å². The van der Waals surface area contributed by atoms with Crippen LogP contribution in [0.5, 0.6) is 5.75 Å². The number of esters is 1. The summed E-state index contributed by atoms with van der Waals surface area (Å²) in [5.41, 5.74) is 9.57. The lowest BCUT2D eigenvalue weighted by Crippen LogP contribution is -2.24. The molecule has 0 bridgehead atoms. The lowest BCUT2D eigenvalue weighted by Gasteiger charge is -2.24. The molecule has 1 unspecified atom stereocenters. The topological polar surface area (TPSA) is 118 Å². The van der Waals surface area contributed by atoms with Crippen molar-refractivity contribution in [3.63, 3.8) is 0 Å². The number of nitrogens with one attached hydrogen (secondary N) is 2. The van der Waals surface area contributed by atoms with Crippen molar-refractivity contribution < 1.29 is 19.4 Å². The van der Waals surface area contributed by atoms with Gasteiger partial charge in [-0.15, -0.1) is 0 Å². The number of nitrogen functional groups attached to an aromatic ring is 1. The summed E-state index contributed by atoms with van der Waals surface area (Å²) in [5.74, 6) is 0.132. The first kappa shape index (κ1) is 23.2. The maximum Gasteiger partial charge on any atom is 0.333 e. The van der Waals surface area contributed by atoms with Gasteiger partial charge in [-0.05, 0) is 54.3 Å². The minimum absolute atomic E-state index is 0.0226. The first-order chi connectivity index (χ1) is 14.4. The van der Waals surface area contributed by atoms with Crippen LogP contribution in [-0.2, 0) is 22.4 Å². The van der Waals surface area contributed by atoms with E-state index in [-0.39, 0.29) is 19.0 Å². The van der Waals surface area contributed by atoms with Crippen molar-refractivity contribution in [2.24, 2.45) is 5.73 Å². The molecule has 0 aliphatic heterocycles. The molecule has 0 spiro atoms. The maximum absolute atomic E-state index is 12.7. The molecule has 0 fully saturated rings. The number of anilines is 1. The maximum atomic E-state index is 12.7. The lowest BCUT2D eigenvalue weighted by molar-refractivity contribution is -0.141. The van der Waals surface area contributed by atoms with Gasteiger partial charge in [0.25, 0.3) is 0 Å².